The van der Waals surface area contributed by atoms with Crippen LogP contribution < -0.4 is 4.90 Å². The molecule has 0 bridgehead atoms. The van der Waals surface area contributed by atoms with Crippen LogP contribution in [0.2, 0.25) is 0 Å². The minimum atomic E-state index is -1.01. The van der Waals surface area contributed by atoms with Gasteiger partial charge in [0.25, 0.3) is 5.91 Å². The van der Waals surface area contributed by atoms with E-state index in [4.69, 9.17) is 0 Å². The fraction of sp³-hybridized carbons (Fsp3) is 0.391. The van der Waals surface area contributed by atoms with E-state index in [-0.39, 0.29) is 30.1 Å². The second kappa shape index (κ2) is 7.17. The second-order valence-electron chi connectivity index (χ2n) is 7.96. The number of hydrogen-bond donors (Lipinski definition) is 0. The first kappa shape index (κ1) is 18.7. The van der Waals surface area contributed by atoms with Crippen LogP contribution in [0.3, 0.4) is 0 Å². The maximum atomic E-state index is 14.3. The number of fused-ring (bicyclic) bond motifs is 2. The third-order valence-electron chi connectivity index (χ3n) is 6.36. The van der Waals surface area contributed by atoms with Crippen LogP contribution in [0.15, 0.2) is 48.5 Å². The Morgan fingerprint density at radius 3 is 2.62 bits per heavy atom. The Morgan fingerprint density at radius 2 is 1.83 bits per heavy atom. The molecule has 1 saturated heterocycles. The summed E-state index contributed by atoms with van der Waals surface area (Å²) in [4.78, 5) is 29.6. The van der Waals surface area contributed by atoms with E-state index in [1.807, 2.05) is 29.2 Å². The van der Waals surface area contributed by atoms with Gasteiger partial charge < -0.3 is 9.80 Å². The van der Waals surface area contributed by atoms with E-state index in [2.05, 4.69) is 0 Å². The number of carbonyl (C=O) groups is 2. The third kappa shape index (κ3) is 2.80. The van der Waals surface area contributed by atoms with Gasteiger partial charge in [-0.3, -0.25) is 9.59 Å². The van der Waals surface area contributed by atoms with Crippen molar-refractivity contribution in [2.45, 2.75) is 37.1 Å². The van der Waals surface area contributed by atoms with Gasteiger partial charge in [0, 0.05) is 29.3 Å². The maximum Gasteiger partial charge on any atom is 0.268 e. The first-order chi connectivity index (χ1) is 14.1. The monoisotopic (exact) mass is 410 g/mol. The zero-order valence-electron chi connectivity index (χ0n) is 16.1. The minimum Gasteiger partial charge on any atom is -0.315 e. The van der Waals surface area contributed by atoms with E-state index in [0.717, 1.165) is 42.7 Å². The van der Waals surface area contributed by atoms with E-state index >= 15 is 0 Å². The summed E-state index contributed by atoms with van der Waals surface area (Å²) >= 11 is 1.54. The number of anilines is 1. The van der Waals surface area contributed by atoms with Gasteiger partial charge in [0.1, 0.15) is 5.82 Å². The Balaban J connectivity index is 1.56. The summed E-state index contributed by atoms with van der Waals surface area (Å²) in [5.74, 6) is 0.397. The summed E-state index contributed by atoms with van der Waals surface area (Å²) in [6, 6.07) is 14.2. The zero-order valence-corrected chi connectivity index (χ0v) is 17.0. The van der Waals surface area contributed by atoms with Crippen molar-refractivity contribution < 1.29 is 14.0 Å². The lowest BCUT2D eigenvalue weighted by molar-refractivity contribution is -0.143. The minimum absolute atomic E-state index is 0.0196. The Kier molecular flexibility index (Phi) is 4.62. The van der Waals surface area contributed by atoms with Crippen LogP contribution in [0, 0.1) is 11.7 Å². The normalized spacial score (nSPS) is 24.0. The van der Waals surface area contributed by atoms with Crippen LogP contribution in [0.1, 0.15) is 36.8 Å². The van der Waals surface area contributed by atoms with Crippen molar-refractivity contribution in [3.05, 3.63) is 65.5 Å². The molecule has 4 nitrogen and oxygen atoms in total. The summed E-state index contributed by atoms with van der Waals surface area (Å²) in [5.41, 5.74) is 2.11. The number of nitrogens with zero attached hydrogens (tertiary/aromatic N) is 2. The quantitative estimate of drug-likeness (QED) is 0.758. The molecule has 1 aliphatic carbocycles. The molecule has 0 N–H and O–H groups in total. The molecule has 0 unspecified atom stereocenters. The van der Waals surface area contributed by atoms with Gasteiger partial charge in [0.2, 0.25) is 5.91 Å². The molecular formula is C23H23FN2O2S. The van der Waals surface area contributed by atoms with Crippen molar-refractivity contribution in [2.75, 3.05) is 17.2 Å². The van der Waals surface area contributed by atoms with E-state index in [1.165, 1.54) is 17.8 Å². The summed E-state index contributed by atoms with van der Waals surface area (Å²) in [6.45, 7) is 0.740. The molecule has 2 aliphatic heterocycles. The van der Waals surface area contributed by atoms with Crippen molar-refractivity contribution in [3.63, 3.8) is 0 Å². The topological polar surface area (TPSA) is 40.6 Å². The van der Waals surface area contributed by atoms with Crippen LogP contribution in [0.4, 0.5) is 10.1 Å². The molecule has 29 heavy (non-hydrogen) atoms. The average Bonchev–Trinajstić information content (AvgIpc) is 3.47. The molecule has 2 aromatic carbocycles. The molecule has 150 valence electrons. The molecular weight excluding hydrogens is 387 g/mol. The lowest BCUT2D eigenvalue weighted by Crippen LogP contribution is -2.51. The van der Waals surface area contributed by atoms with Crippen LogP contribution in [0.25, 0.3) is 0 Å². The molecule has 1 atom stereocenters. The standard InChI is InChI=1S/C23H23FN2O2S/c24-19-11-5-3-9-17(19)15-25-20-12-6-4-10-18(20)23(22(25)28)26(13-14-29-23)21(27)16-7-1-2-8-16/h3-6,9-12,16H,1-2,7-8,13-15H2/t23-/m0/s1. The van der Waals surface area contributed by atoms with E-state index < -0.39 is 4.87 Å². The lowest BCUT2D eigenvalue weighted by atomic mass is 10.0. The SMILES string of the molecule is O=C(C1CCCC1)N1CCS[C@@]12C(=O)N(Cc1ccccc1F)c1ccccc12. The number of carbonyl (C=O) groups excluding carboxylic acids is 2. The van der Waals surface area contributed by atoms with Crippen LogP contribution in [0.5, 0.6) is 0 Å². The van der Waals surface area contributed by atoms with E-state index in [0.29, 0.717) is 12.1 Å². The first-order valence-electron chi connectivity index (χ1n) is 10.2. The molecule has 5 rings (SSSR count). The van der Waals surface area contributed by atoms with Crippen molar-refractivity contribution in [2.24, 2.45) is 5.92 Å². The fourth-order valence-corrected chi connectivity index (χ4v) is 6.40. The molecule has 1 spiro atoms. The van der Waals surface area contributed by atoms with Gasteiger partial charge in [-0.1, -0.05) is 49.2 Å². The molecule has 2 heterocycles. The van der Waals surface area contributed by atoms with Gasteiger partial charge in [-0.05, 0) is 25.0 Å². The third-order valence-corrected chi connectivity index (χ3v) is 7.78. The van der Waals surface area contributed by atoms with Crippen LogP contribution in [-0.4, -0.2) is 29.0 Å². The number of benzene rings is 2. The van der Waals surface area contributed by atoms with Crippen LogP contribution in [-0.2, 0) is 21.0 Å². The van der Waals surface area contributed by atoms with Gasteiger partial charge in [0.15, 0.2) is 4.87 Å². The number of thioether (sulfide) groups is 1. The molecule has 2 amide bonds. The van der Waals surface area contributed by atoms with Crippen molar-refractivity contribution >= 4 is 29.3 Å². The summed E-state index contributed by atoms with van der Waals surface area (Å²) < 4.78 is 14.3. The van der Waals surface area contributed by atoms with Gasteiger partial charge in [0.05, 0.1) is 12.2 Å². The van der Waals surface area contributed by atoms with Crippen molar-refractivity contribution in [1.29, 1.82) is 0 Å². The summed E-state index contributed by atoms with van der Waals surface area (Å²) in [6.07, 6.45) is 3.97. The molecule has 0 aromatic heterocycles. The molecule has 0 radical (unpaired) electrons. The van der Waals surface area contributed by atoms with E-state index in [9.17, 15) is 14.0 Å². The van der Waals surface area contributed by atoms with Gasteiger partial charge in [-0.25, -0.2) is 4.39 Å². The highest BCUT2D eigenvalue weighted by atomic mass is 32.2. The smallest absolute Gasteiger partial charge is 0.268 e. The zero-order chi connectivity index (χ0) is 20.0. The number of rotatable bonds is 3. The Hall–Kier alpha value is -2.34. The highest BCUT2D eigenvalue weighted by Gasteiger charge is 2.59. The van der Waals surface area contributed by atoms with Crippen molar-refractivity contribution in [3.8, 4) is 0 Å². The number of amides is 2. The second-order valence-corrected chi connectivity index (χ2v) is 9.25. The predicted octanol–water partition coefficient (Wildman–Crippen LogP) is 4.29. The average molecular weight is 411 g/mol. The molecule has 1 saturated carbocycles. The molecule has 3 aliphatic rings. The van der Waals surface area contributed by atoms with Gasteiger partial charge in [-0.2, -0.15) is 0 Å². The Morgan fingerprint density at radius 1 is 1.10 bits per heavy atom. The lowest BCUT2D eigenvalue weighted by Gasteiger charge is -2.34. The number of halogens is 1. The predicted molar refractivity (Wildman–Crippen MR) is 112 cm³/mol. The molecule has 2 fully saturated rings. The maximum absolute atomic E-state index is 14.3. The summed E-state index contributed by atoms with van der Waals surface area (Å²) in [7, 11) is 0. The fourth-order valence-electron chi connectivity index (χ4n) is 4.94. The van der Waals surface area contributed by atoms with Crippen LogP contribution >= 0.6 is 11.8 Å². The number of hydrogen-bond acceptors (Lipinski definition) is 3. The highest BCUT2D eigenvalue weighted by Crippen LogP contribution is 2.55. The largest absolute Gasteiger partial charge is 0.315 e. The van der Waals surface area contributed by atoms with Crippen molar-refractivity contribution in [1.82, 2.24) is 4.90 Å². The van der Waals surface area contributed by atoms with E-state index in [1.54, 1.807) is 23.1 Å². The Labute approximate surface area is 174 Å². The van der Waals surface area contributed by atoms with Gasteiger partial charge in [-0.15, -0.1) is 11.8 Å². The highest BCUT2D eigenvalue weighted by molar-refractivity contribution is 8.01. The molecule has 6 heteroatoms. The summed E-state index contributed by atoms with van der Waals surface area (Å²) in [5, 5.41) is 0. The number of para-hydroxylation sites is 1. The van der Waals surface area contributed by atoms with Gasteiger partial charge >= 0.3 is 0 Å². The first-order valence-corrected chi connectivity index (χ1v) is 11.2. The molecule has 2 aromatic rings. The Bertz CT molecular complexity index is 975.